The Labute approximate surface area is 118 Å². The number of thioether (sulfide) groups is 1. The maximum absolute atomic E-state index is 11.9. The van der Waals surface area contributed by atoms with Crippen LogP contribution in [0.5, 0.6) is 0 Å². The lowest BCUT2D eigenvalue weighted by Crippen LogP contribution is -2.44. The van der Waals surface area contributed by atoms with E-state index in [9.17, 15) is 4.79 Å². The SMILES string of the molecule is CC(NCC1CSc2ccccc21)C(=O)NC1CC1. The summed E-state index contributed by atoms with van der Waals surface area (Å²) in [4.78, 5) is 13.3. The molecule has 0 bridgehead atoms. The molecule has 1 amide bonds. The fourth-order valence-corrected chi connectivity index (χ4v) is 3.62. The highest BCUT2D eigenvalue weighted by Gasteiger charge is 2.27. The number of hydrogen-bond acceptors (Lipinski definition) is 3. The third-order valence-corrected chi connectivity index (χ3v) is 5.04. The predicted molar refractivity (Wildman–Crippen MR) is 78.5 cm³/mol. The number of carbonyl (C=O) groups is 1. The molecule has 0 aromatic heterocycles. The van der Waals surface area contributed by atoms with Crippen LogP contribution in [-0.4, -0.2) is 30.3 Å². The molecule has 102 valence electrons. The fourth-order valence-electron chi connectivity index (χ4n) is 2.36. The molecular formula is C15H20N2OS. The highest BCUT2D eigenvalue weighted by molar-refractivity contribution is 7.99. The first-order valence-electron chi connectivity index (χ1n) is 6.99. The summed E-state index contributed by atoms with van der Waals surface area (Å²) in [5, 5.41) is 6.41. The molecule has 1 aromatic rings. The summed E-state index contributed by atoms with van der Waals surface area (Å²) >= 11 is 1.92. The van der Waals surface area contributed by atoms with Crippen molar-refractivity contribution in [1.29, 1.82) is 0 Å². The van der Waals surface area contributed by atoms with E-state index in [1.165, 1.54) is 10.5 Å². The van der Waals surface area contributed by atoms with Crippen molar-refractivity contribution in [3.8, 4) is 0 Å². The minimum absolute atomic E-state index is 0.0987. The Kier molecular flexibility index (Phi) is 3.80. The lowest BCUT2D eigenvalue weighted by molar-refractivity contribution is -0.122. The Morgan fingerprint density at radius 2 is 2.21 bits per heavy atom. The molecule has 1 aliphatic carbocycles. The van der Waals surface area contributed by atoms with Gasteiger partial charge in [0.1, 0.15) is 0 Å². The van der Waals surface area contributed by atoms with E-state index in [1.54, 1.807) is 0 Å². The number of benzene rings is 1. The molecule has 1 saturated carbocycles. The van der Waals surface area contributed by atoms with Gasteiger partial charge in [-0.3, -0.25) is 4.79 Å². The maximum atomic E-state index is 11.9. The second-order valence-electron chi connectivity index (χ2n) is 5.46. The van der Waals surface area contributed by atoms with Crippen molar-refractivity contribution in [2.24, 2.45) is 0 Å². The van der Waals surface area contributed by atoms with Gasteiger partial charge in [0.05, 0.1) is 6.04 Å². The van der Waals surface area contributed by atoms with Crippen molar-refractivity contribution in [2.45, 2.75) is 42.7 Å². The lowest BCUT2D eigenvalue weighted by Gasteiger charge is -2.17. The molecule has 4 heteroatoms. The average molecular weight is 276 g/mol. The fraction of sp³-hybridized carbons (Fsp3) is 0.533. The van der Waals surface area contributed by atoms with Gasteiger partial charge in [0.2, 0.25) is 5.91 Å². The van der Waals surface area contributed by atoms with Crippen LogP contribution in [-0.2, 0) is 4.79 Å². The van der Waals surface area contributed by atoms with Crippen LogP contribution in [0.15, 0.2) is 29.2 Å². The van der Waals surface area contributed by atoms with E-state index >= 15 is 0 Å². The Hall–Kier alpha value is -1.00. The molecule has 1 fully saturated rings. The molecule has 2 aliphatic rings. The third kappa shape index (κ3) is 3.12. The van der Waals surface area contributed by atoms with Crippen LogP contribution in [0.25, 0.3) is 0 Å². The summed E-state index contributed by atoms with van der Waals surface area (Å²) in [6.45, 7) is 2.83. The minimum atomic E-state index is -0.0987. The van der Waals surface area contributed by atoms with Crippen molar-refractivity contribution >= 4 is 17.7 Å². The number of carbonyl (C=O) groups excluding carboxylic acids is 1. The highest BCUT2D eigenvalue weighted by Crippen LogP contribution is 2.38. The summed E-state index contributed by atoms with van der Waals surface area (Å²) in [5.74, 6) is 1.78. The van der Waals surface area contributed by atoms with Crippen molar-refractivity contribution < 1.29 is 4.79 Å². The summed E-state index contributed by atoms with van der Waals surface area (Å²) in [7, 11) is 0. The molecule has 1 heterocycles. The number of rotatable bonds is 5. The monoisotopic (exact) mass is 276 g/mol. The summed E-state index contributed by atoms with van der Waals surface area (Å²) in [5.41, 5.74) is 1.43. The van der Waals surface area contributed by atoms with Crippen molar-refractivity contribution in [1.82, 2.24) is 10.6 Å². The van der Waals surface area contributed by atoms with Crippen molar-refractivity contribution in [2.75, 3.05) is 12.3 Å². The van der Waals surface area contributed by atoms with Gasteiger partial charge in [-0.25, -0.2) is 0 Å². The predicted octanol–water partition coefficient (Wildman–Crippen LogP) is 2.13. The van der Waals surface area contributed by atoms with E-state index in [-0.39, 0.29) is 11.9 Å². The molecular weight excluding hydrogens is 256 g/mol. The van der Waals surface area contributed by atoms with Crippen LogP contribution >= 0.6 is 11.8 Å². The largest absolute Gasteiger partial charge is 0.352 e. The lowest BCUT2D eigenvalue weighted by atomic mass is 10.0. The zero-order valence-electron chi connectivity index (χ0n) is 11.2. The Balaban J connectivity index is 1.51. The zero-order chi connectivity index (χ0) is 13.2. The van der Waals surface area contributed by atoms with Crippen molar-refractivity contribution in [3.63, 3.8) is 0 Å². The van der Waals surface area contributed by atoms with Crippen LogP contribution < -0.4 is 10.6 Å². The van der Waals surface area contributed by atoms with Gasteiger partial charge in [-0.2, -0.15) is 0 Å². The summed E-state index contributed by atoms with van der Waals surface area (Å²) < 4.78 is 0. The quantitative estimate of drug-likeness (QED) is 0.865. The van der Waals surface area contributed by atoms with E-state index in [2.05, 4.69) is 34.9 Å². The standard InChI is InChI=1S/C15H20N2OS/c1-10(15(18)17-12-6-7-12)16-8-11-9-19-14-5-3-2-4-13(11)14/h2-5,10-12,16H,6-9H2,1H3,(H,17,18). The van der Waals surface area contributed by atoms with Gasteiger partial charge in [0, 0.05) is 29.2 Å². The first-order valence-corrected chi connectivity index (χ1v) is 7.98. The molecule has 19 heavy (non-hydrogen) atoms. The normalized spacial score (nSPS) is 22.9. The third-order valence-electron chi connectivity index (χ3n) is 3.79. The highest BCUT2D eigenvalue weighted by atomic mass is 32.2. The smallest absolute Gasteiger partial charge is 0.237 e. The number of fused-ring (bicyclic) bond motifs is 1. The van der Waals surface area contributed by atoms with E-state index in [4.69, 9.17) is 0 Å². The van der Waals surface area contributed by atoms with Crippen LogP contribution in [0.3, 0.4) is 0 Å². The number of nitrogens with one attached hydrogen (secondary N) is 2. The van der Waals surface area contributed by atoms with Crippen LogP contribution in [0, 0.1) is 0 Å². The average Bonchev–Trinajstić information content (AvgIpc) is 3.14. The molecule has 0 spiro atoms. The molecule has 0 radical (unpaired) electrons. The Morgan fingerprint density at radius 3 is 3.00 bits per heavy atom. The number of hydrogen-bond donors (Lipinski definition) is 2. The minimum Gasteiger partial charge on any atom is -0.352 e. The van der Waals surface area contributed by atoms with Crippen LogP contribution in [0.4, 0.5) is 0 Å². The zero-order valence-corrected chi connectivity index (χ0v) is 12.0. The molecule has 3 nitrogen and oxygen atoms in total. The van der Waals surface area contributed by atoms with Gasteiger partial charge in [-0.05, 0) is 31.4 Å². The maximum Gasteiger partial charge on any atom is 0.237 e. The Morgan fingerprint density at radius 1 is 1.42 bits per heavy atom. The van der Waals surface area contributed by atoms with Gasteiger partial charge < -0.3 is 10.6 Å². The van der Waals surface area contributed by atoms with Gasteiger partial charge >= 0.3 is 0 Å². The molecule has 2 N–H and O–H groups in total. The second-order valence-corrected chi connectivity index (χ2v) is 6.52. The summed E-state index contributed by atoms with van der Waals surface area (Å²) in [6.07, 6.45) is 2.29. The van der Waals surface area contributed by atoms with Gasteiger partial charge in [-0.15, -0.1) is 11.8 Å². The van der Waals surface area contributed by atoms with Gasteiger partial charge in [0.15, 0.2) is 0 Å². The van der Waals surface area contributed by atoms with Gasteiger partial charge in [-0.1, -0.05) is 18.2 Å². The van der Waals surface area contributed by atoms with Crippen LogP contribution in [0.1, 0.15) is 31.2 Å². The first kappa shape index (κ1) is 13.0. The Bertz CT molecular complexity index is 473. The van der Waals surface area contributed by atoms with Crippen molar-refractivity contribution in [3.05, 3.63) is 29.8 Å². The van der Waals surface area contributed by atoms with Crippen LogP contribution in [0.2, 0.25) is 0 Å². The molecule has 2 atom stereocenters. The molecule has 1 aromatic carbocycles. The van der Waals surface area contributed by atoms with E-state index in [0.717, 1.165) is 25.1 Å². The molecule has 3 rings (SSSR count). The second kappa shape index (κ2) is 5.55. The topological polar surface area (TPSA) is 41.1 Å². The molecule has 1 aliphatic heterocycles. The molecule has 2 unspecified atom stereocenters. The molecule has 0 saturated heterocycles. The summed E-state index contributed by atoms with van der Waals surface area (Å²) in [6, 6.07) is 8.92. The number of amides is 1. The first-order chi connectivity index (χ1) is 9.24. The van der Waals surface area contributed by atoms with E-state index in [1.807, 2.05) is 18.7 Å². The van der Waals surface area contributed by atoms with E-state index < -0.39 is 0 Å². The van der Waals surface area contributed by atoms with Gasteiger partial charge in [0.25, 0.3) is 0 Å². The van der Waals surface area contributed by atoms with E-state index in [0.29, 0.717) is 12.0 Å².